The van der Waals surface area contributed by atoms with Gasteiger partial charge in [0.15, 0.2) is 5.82 Å². The Morgan fingerprint density at radius 2 is 1.63 bits per heavy atom. The summed E-state index contributed by atoms with van der Waals surface area (Å²) in [4.78, 5) is 22.2. The van der Waals surface area contributed by atoms with Gasteiger partial charge in [-0.2, -0.15) is 0 Å². The molecule has 0 bridgehead atoms. The molecule has 4 rings (SSSR count). The average molecular weight is 354 g/mol. The van der Waals surface area contributed by atoms with Gasteiger partial charge >= 0.3 is 0 Å². The van der Waals surface area contributed by atoms with E-state index < -0.39 is 0 Å². The summed E-state index contributed by atoms with van der Waals surface area (Å²) in [5, 5.41) is 3.30. The van der Waals surface area contributed by atoms with Crippen molar-refractivity contribution in [3.8, 4) is 22.6 Å². The summed E-state index contributed by atoms with van der Waals surface area (Å²) < 4.78 is 0. The summed E-state index contributed by atoms with van der Waals surface area (Å²) in [5.74, 6) is 2.08. The molecule has 0 unspecified atom stereocenters. The first-order valence-electron chi connectivity index (χ1n) is 8.64. The zero-order chi connectivity index (χ0) is 18.5. The van der Waals surface area contributed by atoms with Crippen LogP contribution < -0.4 is 5.32 Å². The molecule has 27 heavy (non-hydrogen) atoms. The van der Waals surface area contributed by atoms with E-state index in [0.29, 0.717) is 24.0 Å². The molecule has 3 heterocycles. The highest BCUT2D eigenvalue weighted by atomic mass is 15.1. The van der Waals surface area contributed by atoms with Gasteiger partial charge in [-0.25, -0.2) is 19.9 Å². The molecule has 0 spiro atoms. The van der Waals surface area contributed by atoms with E-state index in [1.54, 1.807) is 24.8 Å². The summed E-state index contributed by atoms with van der Waals surface area (Å²) in [6.07, 6.45) is 7.15. The van der Waals surface area contributed by atoms with Crippen molar-refractivity contribution >= 4 is 5.82 Å². The van der Waals surface area contributed by atoms with E-state index in [2.05, 4.69) is 25.3 Å². The highest BCUT2D eigenvalue weighted by molar-refractivity contribution is 5.66. The van der Waals surface area contributed by atoms with Crippen LogP contribution in [0.15, 0.2) is 73.3 Å². The lowest BCUT2D eigenvalue weighted by Gasteiger charge is -2.10. The van der Waals surface area contributed by atoms with E-state index in [-0.39, 0.29) is 0 Å². The molecule has 0 amide bonds. The van der Waals surface area contributed by atoms with Crippen molar-refractivity contribution in [2.75, 3.05) is 5.32 Å². The van der Waals surface area contributed by atoms with Gasteiger partial charge in [0.25, 0.3) is 0 Å². The molecular formula is C21H18N6. The number of aryl methyl sites for hydroxylation is 1. The summed E-state index contributed by atoms with van der Waals surface area (Å²) in [5.41, 5.74) is 3.74. The molecule has 0 fully saturated rings. The largest absolute Gasteiger partial charge is 0.363 e. The molecule has 132 valence electrons. The van der Waals surface area contributed by atoms with Gasteiger partial charge in [-0.05, 0) is 24.6 Å². The normalized spacial score (nSPS) is 10.6. The lowest BCUT2D eigenvalue weighted by Crippen LogP contribution is -2.07. The van der Waals surface area contributed by atoms with Crippen LogP contribution in [-0.4, -0.2) is 24.9 Å². The molecule has 0 saturated heterocycles. The fourth-order valence-electron chi connectivity index (χ4n) is 2.60. The minimum absolute atomic E-state index is 0.484. The predicted octanol–water partition coefficient (Wildman–Crippen LogP) is 3.92. The molecule has 0 aliphatic carbocycles. The number of anilines is 1. The Morgan fingerprint density at radius 1 is 0.852 bits per heavy atom. The minimum atomic E-state index is 0.484. The van der Waals surface area contributed by atoms with E-state index in [9.17, 15) is 0 Å². The van der Waals surface area contributed by atoms with Crippen LogP contribution >= 0.6 is 0 Å². The lowest BCUT2D eigenvalue weighted by atomic mass is 10.1. The molecule has 6 nitrogen and oxygen atoms in total. The van der Waals surface area contributed by atoms with E-state index in [0.717, 1.165) is 22.4 Å². The number of hydrogen-bond acceptors (Lipinski definition) is 6. The maximum absolute atomic E-state index is 4.72. The zero-order valence-corrected chi connectivity index (χ0v) is 14.9. The van der Waals surface area contributed by atoms with Crippen molar-refractivity contribution in [1.82, 2.24) is 24.9 Å². The standard InChI is InChI=1S/C21H18N6/c1-15-11-23-20(24-12-15)14-25-19-10-18(17-8-5-9-22-13-17)26-21(27-19)16-6-3-2-4-7-16/h2-13H,14H2,1H3,(H,25,26,27). The third-order valence-electron chi connectivity index (χ3n) is 3.98. The smallest absolute Gasteiger partial charge is 0.162 e. The lowest BCUT2D eigenvalue weighted by molar-refractivity contribution is 0.929. The van der Waals surface area contributed by atoms with E-state index in [1.165, 1.54) is 0 Å². The first kappa shape index (κ1) is 16.8. The van der Waals surface area contributed by atoms with Crippen LogP contribution in [0.3, 0.4) is 0 Å². The fourth-order valence-corrected chi connectivity index (χ4v) is 2.60. The van der Waals surface area contributed by atoms with Gasteiger partial charge in [-0.3, -0.25) is 4.98 Å². The second kappa shape index (κ2) is 7.70. The van der Waals surface area contributed by atoms with Crippen LogP contribution in [-0.2, 0) is 6.54 Å². The maximum Gasteiger partial charge on any atom is 0.162 e. The second-order valence-corrected chi connectivity index (χ2v) is 6.10. The Hall–Kier alpha value is -3.67. The minimum Gasteiger partial charge on any atom is -0.363 e. The molecule has 1 N–H and O–H groups in total. The van der Waals surface area contributed by atoms with Crippen LogP contribution in [0.1, 0.15) is 11.4 Å². The number of benzene rings is 1. The topological polar surface area (TPSA) is 76.5 Å². The van der Waals surface area contributed by atoms with Gasteiger partial charge in [-0.1, -0.05) is 30.3 Å². The van der Waals surface area contributed by atoms with Crippen LogP contribution in [0.4, 0.5) is 5.82 Å². The van der Waals surface area contributed by atoms with Crippen LogP contribution in [0.5, 0.6) is 0 Å². The Bertz CT molecular complexity index is 960. The molecule has 0 radical (unpaired) electrons. The molecule has 0 aliphatic rings. The molecule has 3 aromatic heterocycles. The fraction of sp³-hybridized carbons (Fsp3) is 0.0952. The maximum atomic E-state index is 4.72. The van der Waals surface area contributed by atoms with Gasteiger partial charge < -0.3 is 5.32 Å². The Labute approximate surface area is 157 Å². The molecule has 6 heteroatoms. The first-order valence-corrected chi connectivity index (χ1v) is 8.64. The van der Waals surface area contributed by atoms with Crippen molar-refractivity contribution in [2.24, 2.45) is 0 Å². The van der Waals surface area contributed by atoms with Crippen LogP contribution in [0.25, 0.3) is 22.6 Å². The van der Waals surface area contributed by atoms with E-state index in [4.69, 9.17) is 4.98 Å². The molecule has 0 aliphatic heterocycles. The van der Waals surface area contributed by atoms with Crippen molar-refractivity contribution in [3.63, 3.8) is 0 Å². The Balaban J connectivity index is 1.68. The number of nitrogens with zero attached hydrogens (tertiary/aromatic N) is 5. The predicted molar refractivity (Wildman–Crippen MR) is 105 cm³/mol. The monoisotopic (exact) mass is 354 g/mol. The highest BCUT2D eigenvalue weighted by Gasteiger charge is 2.09. The van der Waals surface area contributed by atoms with Gasteiger partial charge in [0, 0.05) is 42.0 Å². The second-order valence-electron chi connectivity index (χ2n) is 6.10. The van der Waals surface area contributed by atoms with Crippen LogP contribution in [0.2, 0.25) is 0 Å². The first-order chi connectivity index (χ1) is 13.3. The van der Waals surface area contributed by atoms with Gasteiger partial charge in [-0.15, -0.1) is 0 Å². The van der Waals surface area contributed by atoms with Crippen molar-refractivity contribution in [2.45, 2.75) is 13.5 Å². The third-order valence-corrected chi connectivity index (χ3v) is 3.98. The molecule has 1 aromatic carbocycles. The summed E-state index contributed by atoms with van der Waals surface area (Å²) in [6.45, 7) is 2.45. The van der Waals surface area contributed by atoms with Crippen molar-refractivity contribution in [1.29, 1.82) is 0 Å². The SMILES string of the molecule is Cc1cnc(CNc2cc(-c3cccnc3)nc(-c3ccccc3)n2)nc1. The average Bonchev–Trinajstić information content (AvgIpc) is 2.74. The Morgan fingerprint density at radius 3 is 2.37 bits per heavy atom. The summed E-state index contributed by atoms with van der Waals surface area (Å²) >= 11 is 0. The number of hydrogen-bond donors (Lipinski definition) is 1. The molecule has 0 saturated carbocycles. The van der Waals surface area contributed by atoms with Gasteiger partial charge in [0.05, 0.1) is 12.2 Å². The Kier molecular flexibility index (Phi) is 4.78. The van der Waals surface area contributed by atoms with E-state index in [1.807, 2.05) is 55.5 Å². The summed E-state index contributed by atoms with van der Waals surface area (Å²) in [7, 11) is 0. The van der Waals surface area contributed by atoms with Crippen molar-refractivity contribution < 1.29 is 0 Å². The number of rotatable bonds is 5. The number of nitrogens with one attached hydrogen (secondary N) is 1. The van der Waals surface area contributed by atoms with Crippen molar-refractivity contribution in [3.05, 3.63) is 84.7 Å². The highest BCUT2D eigenvalue weighted by Crippen LogP contribution is 2.24. The molecule has 0 atom stereocenters. The number of aromatic nitrogens is 5. The van der Waals surface area contributed by atoms with E-state index >= 15 is 0 Å². The van der Waals surface area contributed by atoms with Crippen LogP contribution in [0, 0.1) is 6.92 Å². The molecule has 4 aromatic rings. The number of pyridine rings is 1. The summed E-state index contributed by atoms with van der Waals surface area (Å²) in [6, 6.07) is 15.7. The van der Waals surface area contributed by atoms with Gasteiger partial charge in [0.1, 0.15) is 11.6 Å². The zero-order valence-electron chi connectivity index (χ0n) is 14.9. The quantitative estimate of drug-likeness (QED) is 0.585. The molecular weight excluding hydrogens is 336 g/mol. The van der Waals surface area contributed by atoms with Gasteiger partial charge in [0.2, 0.25) is 0 Å². The third kappa shape index (κ3) is 4.12.